The average molecular weight is 582 g/mol. The number of nitrogens with zero attached hydrogens (tertiary/aromatic N) is 3. The van der Waals surface area contributed by atoms with Crippen LogP contribution in [0.1, 0.15) is 21.6 Å². The number of pyridine rings is 1. The summed E-state index contributed by atoms with van der Waals surface area (Å²) in [6, 6.07) is 24.7. The summed E-state index contributed by atoms with van der Waals surface area (Å²) >= 11 is 6.18. The first-order valence-corrected chi connectivity index (χ1v) is 13.5. The number of aromatic nitrogens is 3. The van der Waals surface area contributed by atoms with Crippen LogP contribution in [0.3, 0.4) is 0 Å². The summed E-state index contributed by atoms with van der Waals surface area (Å²) in [5.74, 6) is 1.10. The van der Waals surface area contributed by atoms with Gasteiger partial charge in [0.15, 0.2) is 11.4 Å². The summed E-state index contributed by atoms with van der Waals surface area (Å²) in [7, 11) is 1.57. The van der Waals surface area contributed by atoms with E-state index in [9.17, 15) is 9.59 Å². The van der Waals surface area contributed by atoms with Gasteiger partial charge in [0, 0.05) is 41.1 Å². The smallest absolute Gasteiger partial charge is 0.299 e. The highest BCUT2D eigenvalue weighted by molar-refractivity contribution is 6.31. The first kappa shape index (κ1) is 28.4. The molecule has 212 valence electrons. The normalized spacial score (nSPS) is 10.6. The lowest BCUT2D eigenvalue weighted by atomic mass is 10.1. The molecule has 10 heteroatoms. The number of amides is 1. The van der Waals surface area contributed by atoms with Crippen LogP contribution in [0.15, 0.2) is 102 Å². The molecular formula is C32H28ClN5O4. The van der Waals surface area contributed by atoms with Gasteiger partial charge in [-0.15, -0.1) is 0 Å². The van der Waals surface area contributed by atoms with E-state index in [0.29, 0.717) is 46.4 Å². The van der Waals surface area contributed by atoms with Crippen molar-refractivity contribution < 1.29 is 14.3 Å². The zero-order valence-electron chi connectivity index (χ0n) is 23.0. The van der Waals surface area contributed by atoms with E-state index in [0.717, 1.165) is 11.3 Å². The fourth-order valence-corrected chi connectivity index (χ4v) is 4.30. The van der Waals surface area contributed by atoms with Crippen molar-refractivity contribution in [2.75, 3.05) is 19.0 Å². The van der Waals surface area contributed by atoms with Crippen molar-refractivity contribution >= 4 is 28.9 Å². The van der Waals surface area contributed by atoms with E-state index < -0.39 is 5.56 Å². The topological polar surface area (TPSA) is 107 Å². The molecule has 2 heterocycles. The molecule has 42 heavy (non-hydrogen) atoms. The largest absolute Gasteiger partial charge is 0.497 e. The maximum Gasteiger partial charge on any atom is 0.299 e. The standard InChI is InChI=1S/C32H28ClN5O4/c1-21-18-27(13-14-28(21)33)42-29-20-36-38(25-9-11-26(41-2)12-10-25)32(40)30(29)37-24-8-5-6-22(19-24)31(39)35-17-15-23-7-3-4-16-34-23/h3-14,16,18-20,37H,15,17H2,1-2H3,(H,35,39). The molecule has 0 aliphatic carbocycles. The van der Waals surface area contributed by atoms with Crippen LogP contribution in [0.4, 0.5) is 11.4 Å². The van der Waals surface area contributed by atoms with Crippen LogP contribution in [-0.4, -0.2) is 34.3 Å². The summed E-state index contributed by atoms with van der Waals surface area (Å²) in [6.07, 6.45) is 3.80. The highest BCUT2D eigenvalue weighted by atomic mass is 35.5. The Hall–Kier alpha value is -5.15. The summed E-state index contributed by atoms with van der Waals surface area (Å²) in [6.45, 7) is 2.30. The van der Waals surface area contributed by atoms with Gasteiger partial charge in [-0.05, 0) is 85.3 Å². The van der Waals surface area contributed by atoms with E-state index in [1.165, 1.54) is 10.9 Å². The monoisotopic (exact) mass is 581 g/mol. The van der Waals surface area contributed by atoms with Crippen LogP contribution in [0.2, 0.25) is 5.02 Å². The van der Waals surface area contributed by atoms with E-state index >= 15 is 0 Å². The van der Waals surface area contributed by atoms with Gasteiger partial charge in [0.2, 0.25) is 0 Å². The molecule has 0 aliphatic heterocycles. The summed E-state index contributed by atoms with van der Waals surface area (Å²) < 4.78 is 12.6. The lowest BCUT2D eigenvalue weighted by Gasteiger charge is -2.15. The van der Waals surface area contributed by atoms with Gasteiger partial charge >= 0.3 is 0 Å². The maximum absolute atomic E-state index is 13.8. The number of anilines is 2. The highest BCUT2D eigenvalue weighted by Crippen LogP contribution is 2.31. The SMILES string of the molecule is COc1ccc(-n2ncc(Oc3ccc(Cl)c(C)c3)c(Nc3cccc(C(=O)NCCc4ccccn4)c3)c2=O)cc1. The molecule has 0 spiro atoms. The number of ether oxygens (including phenoxy) is 2. The molecule has 1 amide bonds. The van der Waals surface area contributed by atoms with Crippen LogP contribution in [0, 0.1) is 6.92 Å². The lowest BCUT2D eigenvalue weighted by molar-refractivity contribution is 0.0954. The number of hydrogen-bond acceptors (Lipinski definition) is 7. The predicted molar refractivity (Wildman–Crippen MR) is 163 cm³/mol. The number of halogens is 1. The Bertz CT molecular complexity index is 1760. The van der Waals surface area contributed by atoms with E-state index in [1.807, 2.05) is 25.1 Å². The molecule has 0 bridgehead atoms. The first-order valence-electron chi connectivity index (χ1n) is 13.2. The third-order valence-corrected chi connectivity index (χ3v) is 6.83. The molecule has 3 aromatic carbocycles. The second-order valence-corrected chi connectivity index (χ2v) is 9.75. The summed E-state index contributed by atoms with van der Waals surface area (Å²) in [5, 5.41) is 11.0. The molecule has 5 rings (SSSR count). The Morgan fingerprint density at radius 1 is 0.976 bits per heavy atom. The second-order valence-electron chi connectivity index (χ2n) is 9.34. The number of methoxy groups -OCH3 is 1. The van der Waals surface area contributed by atoms with Gasteiger partial charge in [0.25, 0.3) is 11.5 Å². The Labute approximate surface area is 247 Å². The molecule has 0 saturated heterocycles. The number of rotatable bonds is 10. The van der Waals surface area contributed by atoms with Crippen molar-refractivity contribution in [3.8, 4) is 22.9 Å². The fourth-order valence-electron chi connectivity index (χ4n) is 4.18. The van der Waals surface area contributed by atoms with Gasteiger partial charge in [0.05, 0.1) is 19.0 Å². The third-order valence-electron chi connectivity index (χ3n) is 6.40. The van der Waals surface area contributed by atoms with Gasteiger partial charge in [0.1, 0.15) is 11.5 Å². The molecule has 2 aromatic heterocycles. The molecule has 9 nitrogen and oxygen atoms in total. The summed E-state index contributed by atoms with van der Waals surface area (Å²) in [4.78, 5) is 30.9. The van der Waals surface area contributed by atoms with Crippen molar-refractivity contribution in [3.05, 3.63) is 130 Å². The average Bonchev–Trinajstić information content (AvgIpc) is 3.01. The zero-order valence-corrected chi connectivity index (χ0v) is 23.8. The minimum absolute atomic E-state index is 0.140. The number of nitrogens with one attached hydrogen (secondary N) is 2. The molecule has 2 N–H and O–H groups in total. The Balaban J connectivity index is 1.43. The maximum atomic E-state index is 13.8. The Morgan fingerprint density at radius 3 is 2.52 bits per heavy atom. The summed E-state index contributed by atoms with van der Waals surface area (Å²) in [5.41, 5.74) is 2.90. The number of carbonyl (C=O) groups is 1. The third kappa shape index (κ3) is 6.76. The van der Waals surface area contributed by atoms with Gasteiger partial charge < -0.3 is 20.1 Å². The molecule has 0 atom stereocenters. The van der Waals surface area contributed by atoms with E-state index in [2.05, 4.69) is 20.7 Å². The van der Waals surface area contributed by atoms with Crippen LogP contribution in [0.5, 0.6) is 17.2 Å². The first-order chi connectivity index (χ1) is 20.4. The van der Waals surface area contributed by atoms with Crippen molar-refractivity contribution in [3.63, 3.8) is 0 Å². The molecule has 0 unspecified atom stereocenters. The Kier molecular flexibility index (Phi) is 8.79. The van der Waals surface area contributed by atoms with Gasteiger partial charge in [-0.25, -0.2) is 0 Å². The number of benzene rings is 3. The lowest BCUT2D eigenvalue weighted by Crippen LogP contribution is -2.26. The molecular weight excluding hydrogens is 554 g/mol. The molecule has 0 radical (unpaired) electrons. The van der Waals surface area contributed by atoms with Crippen LogP contribution < -0.4 is 25.7 Å². The van der Waals surface area contributed by atoms with Gasteiger partial charge in [-0.1, -0.05) is 23.7 Å². The van der Waals surface area contributed by atoms with Crippen molar-refractivity contribution in [2.45, 2.75) is 13.3 Å². The number of hydrogen-bond donors (Lipinski definition) is 2. The second kappa shape index (κ2) is 13.0. The fraction of sp³-hybridized carbons (Fsp3) is 0.125. The van der Waals surface area contributed by atoms with Crippen molar-refractivity contribution in [1.82, 2.24) is 20.1 Å². The van der Waals surface area contributed by atoms with Gasteiger partial charge in [-0.2, -0.15) is 9.78 Å². The van der Waals surface area contributed by atoms with E-state index in [1.54, 1.807) is 80.0 Å². The number of carbonyl (C=O) groups excluding carboxylic acids is 1. The number of aryl methyl sites for hydroxylation is 1. The quantitative estimate of drug-likeness (QED) is 0.205. The molecule has 5 aromatic rings. The highest BCUT2D eigenvalue weighted by Gasteiger charge is 2.17. The van der Waals surface area contributed by atoms with Crippen LogP contribution in [-0.2, 0) is 6.42 Å². The minimum atomic E-state index is -0.450. The van der Waals surface area contributed by atoms with Crippen LogP contribution >= 0.6 is 11.6 Å². The molecule has 0 saturated carbocycles. The molecule has 0 fully saturated rings. The van der Waals surface area contributed by atoms with Crippen molar-refractivity contribution in [2.24, 2.45) is 0 Å². The van der Waals surface area contributed by atoms with Crippen molar-refractivity contribution in [1.29, 1.82) is 0 Å². The Morgan fingerprint density at radius 2 is 1.79 bits per heavy atom. The van der Waals surface area contributed by atoms with E-state index in [4.69, 9.17) is 21.1 Å². The van der Waals surface area contributed by atoms with Gasteiger partial charge in [-0.3, -0.25) is 14.6 Å². The molecule has 0 aliphatic rings. The predicted octanol–water partition coefficient (Wildman–Crippen LogP) is 6.11. The van der Waals surface area contributed by atoms with E-state index in [-0.39, 0.29) is 17.3 Å². The van der Waals surface area contributed by atoms with Crippen LogP contribution in [0.25, 0.3) is 5.69 Å². The minimum Gasteiger partial charge on any atom is -0.497 e. The zero-order chi connectivity index (χ0) is 29.5.